The summed E-state index contributed by atoms with van der Waals surface area (Å²) < 4.78 is 72.3. The maximum Gasteiger partial charge on any atom is 0.416 e. The molecule has 0 bridgehead atoms. The minimum Gasteiger partial charge on any atom is -0.444 e. The monoisotopic (exact) mass is 568 g/mol. The normalized spacial score (nSPS) is 12.3. The van der Waals surface area contributed by atoms with E-state index in [1.165, 1.54) is 43.4 Å². The van der Waals surface area contributed by atoms with E-state index < -0.39 is 39.7 Å². The Bertz CT molecular complexity index is 1610. The lowest BCUT2D eigenvalue weighted by atomic mass is 10.1. The van der Waals surface area contributed by atoms with Crippen molar-refractivity contribution in [2.75, 3.05) is 16.7 Å². The molecule has 0 heterocycles. The molecule has 0 fully saturated rings. The Morgan fingerprint density at radius 1 is 0.825 bits per heavy atom. The first-order chi connectivity index (χ1) is 19.0. The molecule has 0 aliphatic rings. The van der Waals surface area contributed by atoms with Crippen LogP contribution in [0.2, 0.25) is 0 Å². The van der Waals surface area contributed by atoms with Crippen molar-refractivity contribution in [3.8, 4) is 0 Å². The topological polar surface area (TPSA) is 92.8 Å². The van der Waals surface area contributed by atoms with E-state index in [4.69, 9.17) is 4.74 Å². The third kappa shape index (κ3) is 6.49. The molecular weight excluding hydrogens is 545 g/mol. The number of carbonyl (C=O) groups is 2. The molecule has 1 N–H and O–H groups in total. The summed E-state index contributed by atoms with van der Waals surface area (Å²) in [4.78, 5) is 26.1. The van der Waals surface area contributed by atoms with Crippen LogP contribution in [0, 0.1) is 0 Å². The van der Waals surface area contributed by atoms with Gasteiger partial charge in [0.1, 0.15) is 0 Å². The lowest BCUT2D eigenvalue weighted by molar-refractivity contribution is -0.137. The maximum absolute atomic E-state index is 13.2. The summed E-state index contributed by atoms with van der Waals surface area (Å²) in [5, 5.41) is 2.36. The number of nitrogens with one attached hydrogen (secondary N) is 1. The molecule has 4 aromatic carbocycles. The van der Waals surface area contributed by atoms with Gasteiger partial charge in [0, 0.05) is 18.3 Å². The first-order valence-electron chi connectivity index (χ1n) is 11.8. The average Bonchev–Trinajstić information content (AvgIpc) is 2.96. The number of carbonyl (C=O) groups excluding carboxylic acids is 2. The second-order valence-electron chi connectivity index (χ2n) is 8.60. The summed E-state index contributed by atoms with van der Waals surface area (Å²) in [6.45, 7) is 0. The summed E-state index contributed by atoms with van der Waals surface area (Å²) in [5.41, 5.74) is -0.583. The van der Waals surface area contributed by atoms with Crippen molar-refractivity contribution < 1.29 is 35.9 Å². The highest BCUT2D eigenvalue weighted by atomic mass is 32.2. The summed E-state index contributed by atoms with van der Waals surface area (Å²) in [6, 6.07) is 25.4. The van der Waals surface area contributed by atoms with Crippen molar-refractivity contribution in [3.63, 3.8) is 0 Å². The number of sulfonamides is 1. The predicted molar refractivity (Wildman–Crippen MR) is 143 cm³/mol. The third-order valence-corrected chi connectivity index (χ3v) is 7.65. The van der Waals surface area contributed by atoms with Crippen molar-refractivity contribution in [3.05, 3.63) is 126 Å². The number of hydrogen-bond acceptors (Lipinski definition) is 5. The zero-order valence-electron chi connectivity index (χ0n) is 21.0. The Labute approximate surface area is 228 Å². The van der Waals surface area contributed by atoms with Gasteiger partial charge in [-0.05, 0) is 48.5 Å². The summed E-state index contributed by atoms with van der Waals surface area (Å²) in [7, 11) is -2.67. The smallest absolute Gasteiger partial charge is 0.416 e. The van der Waals surface area contributed by atoms with Crippen LogP contribution in [0.3, 0.4) is 0 Å². The van der Waals surface area contributed by atoms with Crippen LogP contribution in [0.25, 0.3) is 0 Å². The lowest BCUT2D eigenvalue weighted by Crippen LogP contribution is -2.27. The van der Waals surface area contributed by atoms with Gasteiger partial charge >= 0.3 is 12.1 Å². The number of halogens is 3. The fourth-order valence-corrected chi connectivity index (χ4v) is 5.02. The number of rotatable bonds is 8. The van der Waals surface area contributed by atoms with Gasteiger partial charge in [0.05, 0.1) is 21.7 Å². The molecule has 0 spiro atoms. The van der Waals surface area contributed by atoms with Gasteiger partial charge in [-0.1, -0.05) is 60.7 Å². The van der Waals surface area contributed by atoms with Crippen molar-refractivity contribution >= 4 is 33.3 Å². The molecule has 0 aliphatic carbocycles. The van der Waals surface area contributed by atoms with Crippen LogP contribution < -0.4 is 9.62 Å². The zero-order chi connectivity index (χ0) is 28.9. The Morgan fingerprint density at radius 3 is 2.10 bits per heavy atom. The first kappa shape index (κ1) is 28.4. The van der Waals surface area contributed by atoms with E-state index >= 15 is 0 Å². The van der Waals surface area contributed by atoms with E-state index in [0.29, 0.717) is 5.69 Å². The molecule has 4 rings (SSSR count). The number of nitrogens with zero attached hydrogens (tertiary/aromatic N) is 1. The number of alkyl halides is 3. The van der Waals surface area contributed by atoms with Crippen LogP contribution in [0.1, 0.15) is 27.6 Å². The number of esters is 1. The molecule has 0 radical (unpaired) electrons. The molecule has 40 heavy (non-hydrogen) atoms. The Balaban J connectivity index is 1.60. The van der Waals surface area contributed by atoms with Crippen LogP contribution in [0.4, 0.5) is 24.5 Å². The highest BCUT2D eigenvalue weighted by Crippen LogP contribution is 2.31. The molecule has 1 unspecified atom stereocenters. The number of benzene rings is 4. The Hall–Kier alpha value is -4.64. The van der Waals surface area contributed by atoms with Gasteiger partial charge in [0.25, 0.3) is 15.9 Å². The standard InChI is InChI=1S/C29H23F3N2O5S/c1-34(24-15-6-3-7-16-24)40(37,38)25-17-8-12-21(18-25)28(36)39-26(20-10-4-2-5-11-20)27(35)33-23-14-9-13-22(19-23)29(30,31)32/h2-19,26H,1H3,(H,33,35). The van der Waals surface area contributed by atoms with E-state index in [-0.39, 0.29) is 21.7 Å². The fraction of sp³-hybridized carbons (Fsp3) is 0.103. The summed E-state index contributed by atoms with van der Waals surface area (Å²) in [6.07, 6.45) is -6.16. The molecule has 11 heteroatoms. The van der Waals surface area contributed by atoms with E-state index in [9.17, 15) is 31.2 Å². The lowest BCUT2D eigenvalue weighted by Gasteiger charge is -2.20. The highest BCUT2D eigenvalue weighted by molar-refractivity contribution is 7.92. The second-order valence-corrected chi connectivity index (χ2v) is 10.6. The summed E-state index contributed by atoms with van der Waals surface area (Å²) in [5.74, 6) is -1.90. The van der Waals surface area contributed by atoms with Gasteiger partial charge in [0.2, 0.25) is 6.10 Å². The minimum atomic E-state index is -4.62. The molecule has 1 atom stereocenters. The number of hydrogen-bond donors (Lipinski definition) is 1. The van der Waals surface area contributed by atoms with Crippen LogP contribution in [-0.4, -0.2) is 27.3 Å². The van der Waals surface area contributed by atoms with Crippen LogP contribution >= 0.6 is 0 Å². The molecular formula is C29H23F3N2O5S. The minimum absolute atomic E-state index is 0.143. The Kier molecular flexibility index (Phi) is 8.24. The zero-order valence-corrected chi connectivity index (χ0v) is 21.8. The number of amides is 1. The highest BCUT2D eigenvalue weighted by Gasteiger charge is 2.31. The average molecular weight is 569 g/mol. The SMILES string of the molecule is CN(c1ccccc1)S(=O)(=O)c1cccc(C(=O)OC(C(=O)Nc2cccc(C(F)(F)F)c2)c2ccccc2)c1. The molecule has 206 valence electrons. The van der Waals surface area contributed by atoms with Crippen molar-refractivity contribution in [2.24, 2.45) is 0 Å². The van der Waals surface area contributed by atoms with E-state index in [1.54, 1.807) is 48.5 Å². The Morgan fingerprint density at radius 2 is 1.45 bits per heavy atom. The molecule has 0 aromatic heterocycles. The molecule has 4 aromatic rings. The van der Waals surface area contributed by atoms with E-state index in [1.807, 2.05) is 0 Å². The molecule has 0 saturated carbocycles. The van der Waals surface area contributed by atoms with Gasteiger partial charge in [-0.2, -0.15) is 13.2 Å². The van der Waals surface area contributed by atoms with Crippen molar-refractivity contribution in [2.45, 2.75) is 17.2 Å². The number of para-hydroxylation sites is 1. The van der Waals surface area contributed by atoms with Gasteiger partial charge in [-0.15, -0.1) is 0 Å². The predicted octanol–water partition coefficient (Wildman–Crippen LogP) is 6.07. The fourth-order valence-electron chi connectivity index (χ4n) is 3.78. The summed E-state index contributed by atoms with van der Waals surface area (Å²) >= 11 is 0. The van der Waals surface area contributed by atoms with Crippen LogP contribution in [-0.2, 0) is 25.7 Å². The van der Waals surface area contributed by atoms with Crippen molar-refractivity contribution in [1.29, 1.82) is 0 Å². The van der Waals surface area contributed by atoms with Crippen molar-refractivity contribution in [1.82, 2.24) is 0 Å². The maximum atomic E-state index is 13.2. The van der Waals surface area contributed by atoms with Gasteiger partial charge in [0.15, 0.2) is 0 Å². The quantitative estimate of drug-likeness (QED) is 0.261. The van der Waals surface area contributed by atoms with E-state index in [2.05, 4.69) is 5.32 Å². The molecule has 0 saturated heterocycles. The first-order valence-corrected chi connectivity index (χ1v) is 13.3. The largest absolute Gasteiger partial charge is 0.444 e. The van der Waals surface area contributed by atoms with Gasteiger partial charge in [-0.3, -0.25) is 9.10 Å². The molecule has 1 amide bonds. The van der Waals surface area contributed by atoms with E-state index in [0.717, 1.165) is 28.6 Å². The van der Waals surface area contributed by atoms with Crippen LogP contribution in [0.15, 0.2) is 114 Å². The van der Waals surface area contributed by atoms with Gasteiger partial charge in [-0.25, -0.2) is 13.2 Å². The molecule has 0 aliphatic heterocycles. The second kappa shape index (κ2) is 11.6. The number of anilines is 2. The molecule has 7 nitrogen and oxygen atoms in total. The van der Waals surface area contributed by atoms with Crippen LogP contribution in [0.5, 0.6) is 0 Å². The number of ether oxygens (including phenoxy) is 1. The third-order valence-electron chi connectivity index (χ3n) is 5.87. The van der Waals surface area contributed by atoms with Gasteiger partial charge < -0.3 is 10.1 Å².